The topological polar surface area (TPSA) is 67.8 Å². The van der Waals surface area contributed by atoms with Gasteiger partial charge in [0.1, 0.15) is 6.10 Å². The Hall–Kier alpha value is -1.47. The maximum absolute atomic E-state index is 12.9. The quantitative estimate of drug-likeness (QED) is 0.492. The summed E-state index contributed by atoms with van der Waals surface area (Å²) in [4.78, 5) is 12.9. The maximum atomic E-state index is 12.9. The molecule has 0 aliphatic carbocycles. The summed E-state index contributed by atoms with van der Waals surface area (Å²) in [5.74, 6) is -0.117. The highest BCUT2D eigenvalue weighted by molar-refractivity contribution is 6.30. The van der Waals surface area contributed by atoms with Crippen molar-refractivity contribution in [2.45, 2.75) is 31.6 Å². The largest absolute Gasteiger partial charge is 0.389 e. The van der Waals surface area contributed by atoms with Gasteiger partial charge >= 0.3 is 0 Å². The van der Waals surface area contributed by atoms with E-state index in [0.29, 0.717) is 30.2 Å². The fourth-order valence-corrected chi connectivity index (χ4v) is 3.04. The lowest BCUT2D eigenvalue weighted by Crippen LogP contribution is -2.39. The molecule has 0 aliphatic rings. The van der Waals surface area contributed by atoms with Crippen LogP contribution in [0.25, 0.3) is 0 Å². The third-order valence-electron chi connectivity index (χ3n) is 4.27. The Morgan fingerprint density at radius 3 is 2.52 bits per heavy atom. The van der Waals surface area contributed by atoms with Crippen LogP contribution in [0.1, 0.15) is 22.8 Å². The molecule has 2 aromatic carbocycles. The molecule has 0 heterocycles. The van der Waals surface area contributed by atoms with Crippen LogP contribution in [-0.2, 0) is 15.9 Å². The van der Waals surface area contributed by atoms with Gasteiger partial charge in [-0.05, 0) is 24.6 Å². The summed E-state index contributed by atoms with van der Waals surface area (Å²) in [5.41, 5.74) is 1.49. The van der Waals surface area contributed by atoms with Crippen molar-refractivity contribution in [3.63, 3.8) is 0 Å². The van der Waals surface area contributed by atoms with Crippen molar-refractivity contribution < 1.29 is 19.4 Å². The van der Waals surface area contributed by atoms with E-state index in [0.717, 1.165) is 5.56 Å². The van der Waals surface area contributed by atoms with E-state index >= 15 is 0 Å². The van der Waals surface area contributed by atoms with E-state index in [2.05, 4.69) is 5.32 Å². The average Bonchev–Trinajstić information content (AvgIpc) is 2.70. The highest BCUT2D eigenvalue weighted by Gasteiger charge is 2.22. The van der Waals surface area contributed by atoms with Gasteiger partial charge in [-0.2, -0.15) is 0 Å². The molecule has 0 saturated heterocycles. The zero-order valence-electron chi connectivity index (χ0n) is 16.7. The summed E-state index contributed by atoms with van der Waals surface area (Å²) in [7, 11) is 1.63. The molecule has 7 heteroatoms. The standard InChI is InChI=1S/C22H28ClNO4.ClH/c1-16(14-27-2)24-13-20(25)15-28-21(12-17-7-6-10-19(23)11-17)22(26)18-8-4-3-5-9-18;/h3-11,16,20-21,24-25H,12-15H2,1-2H3;1H. The number of hydrogen-bond acceptors (Lipinski definition) is 5. The Kier molecular flexibility index (Phi) is 12.1. The second kappa shape index (κ2) is 13.7. The summed E-state index contributed by atoms with van der Waals surface area (Å²) in [6.07, 6.45) is -1.05. The highest BCUT2D eigenvalue weighted by atomic mass is 35.5. The molecule has 2 aromatic rings. The fourth-order valence-electron chi connectivity index (χ4n) is 2.83. The van der Waals surface area contributed by atoms with Gasteiger partial charge in [0.2, 0.25) is 0 Å². The van der Waals surface area contributed by atoms with Crippen molar-refractivity contribution in [3.8, 4) is 0 Å². The number of aliphatic hydroxyl groups is 1. The molecule has 0 aromatic heterocycles. The first-order chi connectivity index (χ1) is 13.5. The molecule has 2 rings (SSSR count). The van der Waals surface area contributed by atoms with E-state index in [9.17, 15) is 9.90 Å². The van der Waals surface area contributed by atoms with Crippen molar-refractivity contribution in [2.75, 3.05) is 26.9 Å². The van der Waals surface area contributed by atoms with Gasteiger partial charge in [-0.25, -0.2) is 0 Å². The molecule has 0 radical (unpaired) electrons. The number of nitrogens with one attached hydrogen (secondary N) is 1. The molecule has 0 aliphatic heterocycles. The van der Waals surface area contributed by atoms with Crippen LogP contribution in [0.2, 0.25) is 5.02 Å². The molecule has 0 spiro atoms. The molecule has 0 bridgehead atoms. The number of Topliss-reactive ketones (excluding diaryl/α,β-unsaturated/α-hetero) is 1. The van der Waals surface area contributed by atoms with Crippen LogP contribution in [0, 0.1) is 0 Å². The Morgan fingerprint density at radius 1 is 1.14 bits per heavy atom. The lowest BCUT2D eigenvalue weighted by Gasteiger charge is -2.21. The van der Waals surface area contributed by atoms with Crippen molar-refractivity contribution in [3.05, 3.63) is 70.7 Å². The van der Waals surface area contributed by atoms with E-state index in [-0.39, 0.29) is 30.8 Å². The van der Waals surface area contributed by atoms with Crippen LogP contribution in [0.15, 0.2) is 54.6 Å². The monoisotopic (exact) mass is 441 g/mol. The smallest absolute Gasteiger partial charge is 0.191 e. The maximum Gasteiger partial charge on any atom is 0.191 e. The molecule has 0 saturated carbocycles. The summed E-state index contributed by atoms with van der Waals surface area (Å²) in [5, 5.41) is 14.0. The molecule has 160 valence electrons. The lowest BCUT2D eigenvalue weighted by atomic mass is 10.00. The van der Waals surface area contributed by atoms with Crippen molar-refractivity contribution in [1.29, 1.82) is 0 Å². The Balaban J connectivity index is 0.00000420. The van der Waals surface area contributed by atoms with Gasteiger partial charge in [-0.1, -0.05) is 54.1 Å². The molecular weight excluding hydrogens is 413 g/mol. The van der Waals surface area contributed by atoms with E-state index in [1.807, 2.05) is 43.3 Å². The molecule has 3 unspecified atom stereocenters. The number of carbonyl (C=O) groups excluding carboxylic acids is 1. The van der Waals surface area contributed by atoms with E-state index in [1.54, 1.807) is 25.3 Å². The van der Waals surface area contributed by atoms with Crippen LogP contribution in [0.3, 0.4) is 0 Å². The van der Waals surface area contributed by atoms with Crippen LogP contribution in [-0.4, -0.2) is 56.0 Å². The second-order valence-electron chi connectivity index (χ2n) is 6.80. The minimum atomic E-state index is -0.732. The first-order valence-corrected chi connectivity index (χ1v) is 9.73. The number of carbonyl (C=O) groups is 1. The van der Waals surface area contributed by atoms with Crippen molar-refractivity contribution >= 4 is 29.8 Å². The SMILES string of the molecule is COCC(C)NCC(O)COC(Cc1cccc(Cl)c1)C(=O)c1ccccc1.Cl. The summed E-state index contributed by atoms with van der Waals surface area (Å²) >= 11 is 6.06. The van der Waals surface area contributed by atoms with Gasteiger partial charge in [-0.15, -0.1) is 12.4 Å². The van der Waals surface area contributed by atoms with E-state index in [1.165, 1.54) is 0 Å². The van der Waals surface area contributed by atoms with E-state index < -0.39 is 12.2 Å². The number of hydrogen-bond donors (Lipinski definition) is 2. The van der Waals surface area contributed by atoms with Gasteiger partial charge in [0, 0.05) is 36.7 Å². The molecule has 2 N–H and O–H groups in total. The van der Waals surface area contributed by atoms with Gasteiger partial charge in [0.25, 0.3) is 0 Å². The second-order valence-corrected chi connectivity index (χ2v) is 7.24. The predicted octanol–water partition coefficient (Wildman–Crippen LogP) is 3.56. The molecular formula is C22H29Cl2NO4. The van der Waals surface area contributed by atoms with Crippen molar-refractivity contribution in [1.82, 2.24) is 5.32 Å². The zero-order chi connectivity index (χ0) is 20.4. The number of benzene rings is 2. The number of rotatable bonds is 12. The molecule has 5 nitrogen and oxygen atoms in total. The third-order valence-corrected chi connectivity index (χ3v) is 4.50. The molecule has 29 heavy (non-hydrogen) atoms. The predicted molar refractivity (Wildman–Crippen MR) is 118 cm³/mol. The minimum Gasteiger partial charge on any atom is -0.389 e. The van der Waals surface area contributed by atoms with Gasteiger partial charge in [0.15, 0.2) is 5.78 Å². The Bertz CT molecular complexity index is 730. The first-order valence-electron chi connectivity index (χ1n) is 9.35. The average molecular weight is 442 g/mol. The van der Waals surface area contributed by atoms with E-state index in [4.69, 9.17) is 21.1 Å². The van der Waals surface area contributed by atoms with Crippen LogP contribution >= 0.6 is 24.0 Å². The normalized spacial score (nSPS) is 13.9. The number of ether oxygens (including phenoxy) is 2. The fraction of sp³-hybridized carbons (Fsp3) is 0.409. The Labute approximate surface area is 183 Å². The van der Waals surface area contributed by atoms with Crippen LogP contribution in [0.5, 0.6) is 0 Å². The summed E-state index contributed by atoms with van der Waals surface area (Å²) in [6, 6.07) is 16.5. The van der Waals surface area contributed by atoms with Crippen LogP contribution in [0.4, 0.5) is 0 Å². The van der Waals surface area contributed by atoms with Gasteiger partial charge < -0.3 is 19.9 Å². The van der Waals surface area contributed by atoms with Gasteiger partial charge in [-0.3, -0.25) is 4.79 Å². The Morgan fingerprint density at radius 2 is 1.86 bits per heavy atom. The molecule has 3 atom stereocenters. The number of methoxy groups -OCH3 is 1. The highest BCUT2D eigenvalue weighted by Crippen LogP contribution is 2.16. The number of ketones is 1. The number of halogens is 2. The number of aliphatic hydroxyl groups excluding tert-OH is 1. The first kappa shape index (κ1) is 25.6. The lowest BCUT2D eigenvalue weighted by molar-refractivity contribution is -0.00297. The van der Waals surface area contributed by atoms with Gasteiger partial charge in [0.05, 0.1) is 19.3 Å². The summed E-state index contributed by atoms with van der Waals surface area (Å²) < 4.78 is 10.9. The van der Waals surface area contributed by atoms with Crippen molar-refractivity contribution in [2.24, 2.45) is 0 Å². The van der Waals surface area contributed by atoms with Crippen LogP contribution < -0.4 is 5.32 Å². The molecule has 0 fully saturated rings. The molecule has 0 amide bonds. The third kappa shape index (κ3) is 9.26. The minimum absolute atomic E-state index is 0. The summed E-state index contributed by atoms with van der Waals surface area (Å²) in [6.45, 7) is 2.93. The zero-order valence-corrected chi connectivity index (χ0v) is 18.3.